The third-order valence-electron chi connectivity index (χ3n) is 3.25. The first kappa shape index (κ1) is 14.1. The number of anilines is 1. The fraction of sp³-hybridized carbons (Fsp3) is 0.538. The van der Waals surface area contributed by atoms with E-state index < -0.39 is 10.0 Å². The number of nitrogens with one attached hydrogen (secondary N) is 1. The second kappa shape index (κ2) is 5.38. The number of sulfonamides is 1. The van der Waals surface area contributed by atoms with Crippen LogP contribution in [0.15, 0.2) is 17.0 Å². The molecule has 19 heavy (non-hydrogen) atoms. The second-order valence-corrected chi connectivity index (χ2v) is 6.57. The van der Waals surface area contributed by atoms with Crippen molar-refractivity contribution in [3.05, 3.63) is 17.7 Å². The molecule has 1 atom stereocenters. The van der Waals surface area contributed by atoms with Gasteiger partial charge in [0.1, 0.15) is 10.6 Å². The van der Waals surface area contributed by atoms with Crippen LogP contribution in [0.5, 0.6) is 5.75 Å². The average molecular weight is 284 g/mol. The lowest BCUT2D eigenvalue weighted by Gasteiger charge is -2.22. The van der Waals surface area contributed by atoms with Crippen LogP contribution in [-0.2, 0) is 16.4 Å². The lowest BCUT2D eigenvalue weighted by Crippen LogP contribution is -2.32. The van der Waals surface area contributed by atoms with Gasteiger partial charge in [0.05, 0.1) is 6.61 Å². The molecule has 0 saturated heterocycles. The average Bonchev–Trinajstić information content (AvgIpc) is 2.37. The minimum Gasteiger partial charge on any atom is -0.492 e. The standard InChI is InChI=1S/C13H20N2O3S/c1-3-9(2)15-19(16,17)12-8-11(14)7-10-5-4-6-18-13(10)12/h7-9,15H,3-6,14H2,1-2H3. The number of aryl methyl sites for hydroxylation is 1. The molecule has 0 saturated carbocycles. The van der Waals surface area contributed by atoms with Gasteiger partial charge in [-0.05, 0) is 43.9 Å². The van der Waals surface area contributed by atoms with Crippen LogP contribution in [-0.4, -0.2) is 21.1 Å². The quantitative estimate of drug-likeness (QED) is 0.824. The van der Waals surface area contributed by atoms with Gasteiger partial charge in [0.25, 0.3) is 0 Å². The molecule has 0 aromatic heterocycles. The SMILES string of the molecule is CCC(C)NS(=O)(=O)c1cc(N)cc2c1OCCC2. The molecule has 0 radical (unpaired) electrons. The van der Waals surface area contributed by atoms with Crippen LogP contribution in [0, 0.1) is 0 Å². The van der Waals surface area contributed by atoms with Crippen LogP contribution < -0.4 is 15.2 Å². The molecule has 1 unspecified atom stereocenters. The minimum absolute atomic E-state index is 0.120. The normalized spacial score (nSPS) is 16.5. The summed E-state index contributed by atoms with van der Waals surface area (Å²) in [6.45, 7) is 4.30. The van der Waals surface area contributed by atoms with Gasteiger partial charge < -0.3 is 10.5 Å². The summed E-state index contributed by atoms with van der Waals surface area (Å²) in [5, 5.41) is 0. The largest absolute Gasteiger partial charge is 0.492 e. The van der Waals surface area contributed by atoms with E-state index in [9.17, 15) is 8.42 Å². The number of benzene rings is 1. The highest BCUT2D eigenvalue weighted by Gasteiger charge is 2.26. The maximum Gasteiger partial charge on any atom is 0.244 e. The Balaban J connectivity index is 2.46. The number of ether oxygens (including phenoxy) is 1. The van der Waals surface area contributed by atoms with Crippen molar-refractivity contribution in [3.8, 4) is 5.75 Å². The van der Waals surface area contributed by atoms with Crippen molar-refractivity contribution in [2.45, 2.75) is 44.0 Å². The zero-order valence-electron chi connectivity index (χ0n) is 11.3. The van der Waals surface area contributed by atoms with Crippen LogP contribution in [0.4, 0.5) is 5.69 Å². The Morgan fingerprint density at radius 1 is 1.47 bits per heavy atom. The minimum atomic E-state index is -3.59. The van der Waals surface area contributed by atoms with Crippen LogP contribution in [0.2, 0.25) is 0 Å². The van der Waals surface area contributed by atoms with Crippen molar-refractivity contribution < 1.29 is 13.2 Å². The summed E-state index contributed by atoms with van der Waals surface area (Å²) in [7, 11) is -3.59. The fourth-order valence-corrected chi connectivity index (χ4v) is 3.63. The Kier molecular flexibility index (Phi) is 4.01. The molecule has 0 fully saturated rings. The van der Waals surface area contributed by atoms with Crippen molar-refractivity contribution in [2.75, 3.05) is 12.3 Å². The molecular weight excluding hydrogens is 264 g/mol. The van der Waals surface area contributed by atoms with Gasteiger partial charge in [-0.3, -0.25) is 0 Å². The summed E-state index contributed by atoms with van der Waals surface area (Å²) >= 11 is 0. The molecule has 1 aromatic carbocycles. The molecular formula is C13H20N2O3S. The van der Waals surface area contributed by atoms with E-state index in [0.29, 0.717) is 18.0 Å². The highest BCUT2D eigenvalue weighted by atomic mass is 32.2. The molecule has 5 nitrogen and oxygen atoms in total. The Morgan fingerprint density at radius 2 is 2.21 bits per heavy atom. The third kappa shape index (κ3) is 3.01. The lowest BCUT2D eigenvalue weighted by atomic mass is 10.1. The van der Waals surface area contributed by atoms with E-state index in [0.717, 1.165) is 24.8 Å². The summed E-state index contributed by atoms with van der Waals surface area (Å²) in [4.78, 5) is 0.155. The molecule has 1 aliphatic rings. The highest BCUT2D eigenvalue weighted by Crippen LogP contribution is 2.34. The highest BCUT2D eigenvalue weighted by molar-refractivity contribution is 7.89. The van der Waals surface area contributed by atoms with Gasteiger partial charge in [-0.2, -0.15) is 0 Å². The third-order valence-corrected chi connectivity index (χ3v) is 4.84. The van der Waals surface area contributed by atoms with Crippen LogP contribution >= 0.6 is 0 Å². The fourth-order valence-electron chi connectivity index (χ4n) is 2.08. The number of hydrogen-bond donors (Lipinski definition) is 2. The van der Waals surface area contributed by atoms with Gasteiger partial charge in [-0.1, -0.05) is 6.92 Å². The van der Waals surface area contributed by atoms with Gasteiger partial charge in [0.15, 0.2) is 0 Å². The van der Waals surface area contributed by atoms with Gasteiger partial charge in [0.2, 0.25) is 10.0 Å². The molecule has 0 spiro atoms. The second-order valence-electron chi connectivity index (χ2n) is 4.89. The number of fused-ring (bicyclic) bond motifs is 1. The van der Waals surface area contributed by atoms with E-state index >= 15 is 0 Å². The Morgan fingerprint density at radius 3 is 2.89 bits per heavy atom. The van der Waals surface area contributed by atoms with Crippen molar-refractivity contribution in [1.82, 2.24) is 4.72 Å². The van der Waals surface area contributed by atoms with Crippen LogP contribution in [0.1, 0.15) is 32.3 Å². The maximum absolute atomic E-state index is 12.4. The van der Waals surface area contributed by atoms with Gasteiger partial charge in [-0.15, -0.1) is 0 Å². The van der Waals surface area contributed by atoms with Gasteiger partial charge in [0, 0.05) is 11.7 Å². The lowest BCUT2D eigenvalue weighted by molar-refractivity contribution is 0.280. The first-order chi connectivity index (χ1) is 8.94. The summed E-state index contributed by atoms with van der Waals surface area (Å²) in [6, 6.07) is 3.14. The van der Waals surface area contributed by atoms with E-state index in [1.165, 1.54) is 6.07 Å². The van der Waals surface area contributed by atoms with E-state index in [1.807, 2.05) is 13.8 Å². The van der Waals surface area contributed by atoms with Crippen molar-refractivity contribution in [2.24, 2.45) is 0 Å². The molecule has 0 amide bonds. The smallest absolute Gasteiger partial charge is 0.244 e. The van der Waals surface area contributed by atoms with E-state index in [1.54, 1.807) is 6.07 Å². The number of rotatable bonds is 4. The van der Waals surface area contributed by atoms with Crippen molar-refractivity contribution in [1.29, 1.82) is 0 Å². The Labute approximate surface area is 114 Å². The van der Waals surface area contributed by atoms with Crippen LogP contribution in [0.25, 0.3) is 0 Å². The van der Waals surface area contributed by atoms with E-state index in [4.69, 9.17) is 10.5 Å². The molecule has 1 aromatic rings. The summed E-state index contributed by atoms with van der Waals surface area (Å²) in [5.41, 5.74) is 7.12. The molecule has 6 heteroatoms. The number of nitrogen functional groups attached to an aromatic ring is 1. The number of hydrogen-bond acceptors (Lipinski definition) is 4. The molecule has 1 aliphatic heterocycles. The predicted molar refractivity (Wildman–Crippen MR) is 74.7 cm³/mol. The molecule has 1 heterocycles. The molecule has 2 rings (SSSR count). The molecule has 3 N–H and O–H groups in total. The summed E-state index contributed by atoms with van der Waals surface area (Å²) < 4.78 is 32.9. The first-order valence-corrected chi connectivity index (χ1v) is 8.00. The molecule has 106 valence electrons. The molecule has 0 aliphatic carbocycles. The van der Waals surface area contributed by atoms with Crippen molar-refractivity contribution in [3.63, 3.8) is 0 Å². The summed E-state index contributed by atoms with van der Waals surface area (Å²) in [6.07, 6.45) is 2.41. The Bertz CT molecular complexity index is 569. The summed E-state index contributed by atoms with van der Waals surface area (Å²) in [5.74, 6) is 0.455. The number of nitrogens with two attached hydrogens (primary N) is 1. The van der Waals surface area contributed by atoms with Gasteiger partial charge in [-0.25, -0.2) is 13.1 Å². The maximum atomic E-state index is 12.4. The predicted octanol–water partition coefficient (Wildman–Crippen LogP) is 1.67. The topological polar surface area (TPSA) is 81.4 Å². The van der Waals surface area contributed by atoms with E-state index in [2.05, 4.69) is 4.72 Å². The van der Waals surface area contributed by atoms with Gasteiger partial charge >= 0.3 is 0 Å². The van der Waals surface area contributed by atoms with Crippen molar-refractivity contribution >= 4 is 15.7 Å². The zero-order valence-corrected chi connectivity index (χ0v) is 12.1. The van der Waals surface area contributed by atoms with E-state index in [-0.39, 0.29) is 10.9 Å². The zero-order chi connectivity index (χ0) is 14.0. The molecule has 0 bridgehead atoms. The van der Waals surface area contributed by atoms with Crippen LogP contribution in [0.3, 0.4) is 0 Å². The first-order valence-electron chi connectivity index (χ1n) is 6.51. The monoisotopic (exact) mass is 284 g/mol. The Hall–Kier alpha value is -1.27.